The van der Waals surface area contributed by atoms with Gasteiger partial charge in [-0.3, -0.25) is 4.79 Å². The Morgan fingerprint density at radius 1 is 0.906 bits per heavy atom. The van der Waals surface area contributed by atoms with Gasteiger partial charge in [-0.25, -0.2) is 4.52 Å². The first kappa shape index (κ1) is 20.4. The van der Waals surface area contributed by atoms with Gasteiger partial charge in [-0.1, -0.05) is 65.7 Å². The molecule has 5 rings (SSSR count). The summed E-state index contributed by atoms with van der Waals surface area (Å²) in [5, 5.41) is 16.4. The van der Waals surface area contributed by atoms with Crippen LogP contribution in [0, 0.1) is 0 Å². The van der Waals surface area contributed by atoms with Gasteiger partial charge in [0.2, 0.25) is 0 Å². The monoisotopic (exact) mass is 461 g/mol. The fourth-order valence-corrected chi connectivity index (χ4v) is 4.13. The Morgan fingerprint density at radius 2 is 1.62 bits per heavy atom. The molecule has 0 atom stereocenters. The van der Waals surface area contributed by atoms with Crippen LogP contribution in [0.4, 0.5) is 0 Å². The number of aromatic hydroxyl groups is 1. The minimum atomic E-state index is -0.303. The van der Waals surface area contributed by atoms with Crippen molar-refractivity contribution in [1.29, 1.82) is 0 Å². The molecule has 2 N–H and O–H groups in total. The molecule has 0 aliphatic heterocycles. The number of fused-ring (bicyclic) bond motifs is 1. The van der Waals surface area contributed by atoms with Gasteiger partial charge in [-0.15, -0.1) is 0 Å². The average molecular weight is 462 g/mol. The van der Waals surface area contributed by atoms with Crippen LogP contribution in [0.25, 0.3) is 28.0 Å². The molecular formula is C25H17Cl2N3O2. The lowest BCUT2D eigenvalue weighted by Gasteiger charge is -2.08. The number of H-pyrrole nitrogens is 1. The number of nitrogens with zero attached hydrogens (tertiary/aromatic N) is 2. The molecule has 0 bridgehead atoms. The van der Waals surface area contributed by atoms with Gasteiger partial charge in [0.1, 0.15) is 11.4 Å². The zero-order valence-corrected chi connectivity index (χ0v) is 18.2. The highest BCUT2D eigenvalue weighted by Crippen LogP contribution is 2.35. The van der Waals surface area contributed by atoms with Crippen LogP contribution < -0.4 is 5.56 Å². The number of aromatic amines is 1. The molecule has 7 heteroatoms. The zero-order valence-electron chi connectivity index (χ0n) is 16.7. The highest BCUT2D eigenvalue weighted by Gasteiger charge is 2.20. The van der Waals surface area contributed by atoms with Crippen molar-refractivity contribution in [2.24, 2.45) is 0 Å². The van der Waals surface area contributed by atoms with Gasteiger partial charge >= 0.3 is 0 Å². The van der Waals surface area contributed by atoms with E-state index in [1.165, 1.54) is 12.1 Å². The summed E-state index contributed by atoms with van der Waals surface area (Å²) in [7, 11) is 0. The molecule has 0 aliphatic carbocycles. The summed E-state index contributed by atoms with van der Waals surface area (Å²) in [6.07, 6.45) is 0.564. The Balaban J connectivity index is 1.81. The Labute approximate surface area is 193 Å². The summed E-state index contributed by atoms with van der Waals surface area (Å²) in [5.74, 6) is -0.0300. The van der Waals surface area contributed by atoms with E-state index < -0.39 is 0 Å². The molecule has 32 heavy (non-hydrogen) atoms. The molecule has 2 heterocycles. The maximum atomic E-state index is 12.6. The van der Waals surface area contributed by atoms with Crippen molar-refractivity contribution >= 4 is 28.8 Å². The Bertz CT molecular complexity index is 1490. The van der Waals surface area contributed by atoms with E-state index in [9.17, 15) is 9.90 Å². The molecule has 0 aliphatic rings. The van der Waals surface area contributed by atoms with Crippen LogP contribution >= 0.6 is 23.2 Å². The minimum Gasteiger partial charge on any atom is -0.507 e. The van der Waals surface area contributed by atoms with E-state index >= 15 is 0 Å². The predicted octanol–water partition coefficient (Wildman–Crippen LogP) is 5.96. The lowest BCUT2D eigenvalue weighted by Crippen LogP contribution is -2.10. The second-order valence-corrected chi connectivity index (χ2v) is 8.30. The second kappa shape index (κ2) is 8.19. The third-order valence-electron chi connectivity index (χ3n) is 5.28. The summed E-state index contributed by atoms with van der Waals surface area (Å²) in [6, 6.07) is 23.6. The highest BCUT2D eigenvalue weighted by atomic mass is 35.5. The van der Waals surface area contributed by atoms with E-state index in [1.807, 2.05) is 42.5 Å². The molecule has 0 spiro atoms. The molecule has 158 valence electrons. The molecule has 0 fully saturated rings. The number of phenols is 1. The first-order valence-corrected chi connectivity index (χ1v) is 10.7. The van der Waals surface area contributed by atoms with E-state index in [2.05, 4.69) is 4.98 Å². The molecule has 2 aromatic heterocycles. The average Bonchev–Trinajstić information content (AvgIpc) is 3.12. The third kappa shape index (κ3) is 3.77. The summed E-state index contributed by atoms with van der Waals surface area (Å²) >= 11 is 12.1. The van der Waals surface area contributed by atoms with Crippen LogP contribution in [0.15, 0.2) is 83.7 Å². The van der Waals surface area contributed by atoms with Gasteiger partial charge in [0.15, 0.2) is 0 Å². The van der Waals surface area contributed by atoms with Crippen LogP contribution in [0.3, 0.4) is 0 Å². The van der Waals surface area contributed by atoms with Gasteiger partial charge in [-0.05, 0) is 41.5 Å². The quantitative estimate of drug-likeness (QED) is 0.346. The van der Waals surface area contributed by atoms with E-state index in [-0.39, 0.29) is 11.3 Å². The van der Waals surface area contributed by atoms with Crippen molar-refractivity contribution in [2.75, 3.05) is 0 Å². The predicted molar refractivity (Wildman–Crippen MR) is 128 cm³/mol. The van der Waals surface area contributed by atoms with E-state index in [4.69, 9.17) is 28.3 Å². The molecule has 3 aromatic carbocycles. The number of hydrogen-bond donors (Lipinski definition) is 2. The summed E-state index contributed by atoms with van der Waals surface area (Å²) in [6.45, 7) is 0. The number of halogens is 2. The molecule has 0 unspecified atom stereocenters. The summed E-state index contributed by atoms with van der Waals surface area (Å²) < 4.78 is 1.66. The van der Waals surface area contributed by atoms with Gasteiger partial charge in [0.25, 0.3) is 5.56 Å². The van der Waals surface area contributed by atoms with Crippen molar-refractivity contribution in [3.8, 4) is 28.1 Å². The molecule has 0 saturated heterocycles. The van der Waals surface area contributed by atoms with Crippen molar-refractivity contribution in [1.82, 2.24) is 14.6 Å². The summed E-state index contributed by atoms with van der Waals surface area (Å²) in [5.41, 5.74) is 4.72. The minimum absolute atomic E-state index is 0.0300. The maximum Gasteiger partial charge on any atom is 0.251 e. The number of rotatable bonds is 4. The first-order chi connectivity index (χ1) is 15.5. The van der Waals surface area contributed by atoms with Crippen molar-refractivity contribution in [3.63, 3.8) is 0 Å². The third-order valence-corrected chi connectivity index (χ3v) is 5.77. The highest BCUT2D eigenvalue weighted by molar-refractivity contribution is 6.31. The van der Waals surface area contributed by atoms with E-state index in [1.54, 1.807) is 28.8 Å². The smallest absolute Gasteiger partial charge is 0.251 e. The number of hydrogen-bond acceptors (Lipinski definition) is 3. The van der Waals surface area contributed by atoms with Gasteiger partial charge < -0.3 is 10.1 Å². The number of phenolic OH excluding ortho intramolecular Hbond substituents is 1. The van der Waals surface area contributed by atoms with Crippen LogP contribution in [0.2, 0.25) is 10.0 Å². The van der Waals surface area contributed by atoms with Gasteiger partial charge in [0.05, 0.1) is 11.4 Å². The van der Waals surface area contributed by atoms with Crippen molar-refractivity contribution in [2.45, 2.75) is 6.42 Å². The number of benzene rings is 3. The fraction of sp³-hybridized carbons (Fsp3) is 0.0400. The Kier molecular flexibility index (Phi) is 5.21. The molecule has 5 nitrogen and oxygen atoms in total. The van der Waals surface area contributed by atoms with Gasteiger partial charge in [0, 0.05) is 33.7 Å². The van der Waals surface area contributed by atoms with Gasteiger partial charge in [-0.2, -0.15) is 5.10 Å². The molecule has 5 aromatic rings. The zero-order chi connectivity index (χ0) is 22.2. The number of aromatic nitrogens is 3. The maximum absolute atomic E-state index is 12.6. The topological polar surface area (TPSA) is 70.4 Å². The first-order valence-electron chi connectivity index (χ1n) is 9.93. The second-order valence-electron chi connectivity index (χ2n) is 7.43. The lowest BCUT2D eigenvalue weighted by atomic mass is 10.0. The lowest BCUT2D eigenvalue weighted by molar-refractivity contribution is 0.477. The van der Waals surface area contributed by atoms with Crippen LogP contribution in [0.1, 0.15) is 11.3 Å². The number of nitrogens with one attached hydrogen (secondary N) is 1. The van der Waals surface area contributed by atoms with Crippen molar-refractivity contribution < 1.29 is 5.11 Å². The largest absolute Gasteiger partial charge is 0.507 e. The van der Waals surface area contributed by atoms with E-state index in [0.717, 1.165) is 22.4 Å². The molecule has 0 radical (unpaired) electrons. The van der Waals surface area contributed by atoms with Crippen LogP contribution in [0.5, 0.6) is 5.75 Å². The Hall–Kier alpha value is -3.54. The van der Waals surface area contributed by atoms with Crippen LogP contribution in [-0.2, 0) is 6.42 Å². The Morgan fingerprint density at radius 3 is 2.34 bits per heavy atom. The van der Waals surface area contributed by atoms with Crippen molar-refractivity contribution in [3.05, 3.63) is 111 Å². The molecule has 0 saturated carbocycles. The van der Waals surface area contributed by atoms with E-state index in [0.29, 0.717) is 33.4 Å². The summed E-state index contributed by atoms with van der Waals surface area (Å²) in [4.78, 5) is 15.6. The SMILES string of the molecule is O=c1cc(-c2ccc(Cl)cc2O)n2nc(Cc3ccccc3)c(-c3ccc(Cl)cc3)c2[nH]1. The van der Waals surface area contributed by atoms with Crippen LogP contribution in [-0.4, -0.2) is 19.7 Å². The molecular weight excluding hydrogens is 445 g/mol. The standard InChI is InChI=1S/C25H17Cl2N3O2/c26-17-8-6-16(7-9-17)24-20(12-15-4-2-1-3-5-15)29-30-21(14-23(32)28-25(24)30)19-11-10-18(27)13-22(19)31/h1-11,13-14,31H,12H2,(H,28,32). The molecule has 0 amide bonds. The normalized spacial score (nSPS) is 11.2. The fourth-order valence-electron chi connectivity index (χ4n) is 3.84.